The maximum atomic E-state index is 12.1. The average Bonchev–Trinajstić information content (AvgIpc) is 2.51. The van der Waals surface area contributed by atoms with Gasteiger partial charge in [0.15, 0.2) is 0 Å². The Balaban J connectivity index is 1.96. The van der Waals surface area contributed by atoms with E-state index in [0.717, 1.165) is 38.0 Å². The van der Waals surface area contributed by atoms with Gasteiger partial charge in [0.1, 0.15) is 0 Å². The highest BCUT2D eigenvalue weighted by Gasteiger charge is 2.18. The van der Waals surface area contributed by atoms with Crippen molar-refractivity contribution in [3.05, 3.63) is 36.4 Å². The van der Waals surface area contributed by atoms with Gasteiger partial charge in [0, 0.05) is 30.4 Å². The summed E-state index contributed by atoms with van der Waals surface area (Å²) in [6.07, 6.45) is 7.10. The Kier molecular flexibility index (Phi) is 5.22. The molecule has 0 fully saturated rings. The molecule has 1 amide bonds. The molecule has 3 heteroatoms. The zero-order chi connectivity index (χ0) is 14.4. The minimum atomic E-state index is 0.127. The highest BCUT2D eigenvalue weighted by Crippen LogP contribution is 2.22. The van der Waals surface area contributed by atoms with Crippen molar-refractivity contribution in [1.82, 2.24) is 0 Å². The number of benzene rings is 1. The molecule has 3 nitrogen and oxygen atoms in total. The van der Waals surface area contributed by atoms with Crippen LogP contribution in [0, 0.1) is 5.92 Å². The van der Waals surface area contributed by atoms with Gasteiger partial charge in [0.2, 0.25) is 5.91 Å². The van der Waals surface area contributed by atoms with Crippen LogP contribution in [0.3, 0.4) is 0 Å². The number of amides is 1. The molecule has 0 radical (unpaired) electrons. The number of hydrogen-bond donors (Lipinski definition) is 1. The number of hydrogen-bond acceptors (Lipinski definition) is 2. The van der Waals surface area contributed by atoms with Crippen LogP contribution in [0.25, 0.3) is 0 Å². The molecule has 1 atom stereocenters. The van der Waals surface area contributed by atoms with Crippen LogP contribution in [0.4, 0.5) is 11.4 Å². The van der Waals surface area contributed by atoms with Gasteiger partial charge in [0.05, 0.1) is 0 Å². The second kappa shape index (κ2) is 7.13. The molecule has 0 saturated heterocycles. The van der Waals surface area contributed by atoms with Crippen molar-refractivity contribution in [1.29, 1.82) is 0 Å². The molecular formula is C17H24N2O. The molecule has 0 bridgehead atoms. The zero-order valence-corrected chi connectivity index (χ0v) is 12.4. The summed E-state index contributed by atoms with van der Waals surface area (Å²) in [4.78, 5) is 14.4. The van der Waals surface area contributed by atoms with Crippen LogP contribution in [-0.2, 0) is 4.79 Å². The standard InChI is InChI=1S/C17H24N2O/c1-3-19(4-2)16-12-10-15(11-13-16)18-17(20)14-8-6-5-7-9-14/h5-6,10-14H,3-4,7-9H2,1-2H3,(H,18,20)/t14-/m0/s1. The second-order valence-corrected chi connectivity index (χ2v) is 5.19. The summed E-state index contributed by atoms with van der Waals surface area (Å²) in [5.74, 6) is 0.271. The van der Waals surface area contributed by atoms with Crippen LogP contribution in [0.1, 0.15) is 33.1 Å². The first kappa shape index (κ1) is 14.6. The molecule has 108 valence electrons. The van der Waals surface area contributed by atoms with Crippen LogP contribution >= 0.6 is 0 Å². The van der Waals surface area contributed by atoms with E-state index in [1.54, 1.807) is 0 Å². The number of rotatable bonds is 5. The lowest BCUT2D eigenvalue weighted by Gasteiger charge is -2.21. The Labute approximate surface area is 121 Å². The van der Waals surface area contributed by atoms with E-state index in [2.05, 4.69) is 48.3 Å². The first-order chi connectivity index (χ1) is 9.74. The number of nitrogens with one attached hydrogen (secondary N) is 1. The summed E-state index contributed by atoms with van der Waals surface area (Å²) < 4.78 is 0. The monoisotopic (exact) mass is 272 g/mol. The van der Waals surface area contributed by atoms with Crippen molar-refractivity contribution < 1.29 is 4.79 Å². The molecular weight excluding hydrogens is 248 g/mol. The van der Waals surface area contributed by atoms with Gasteiger partial charge in [-0.3, -0.25) is 4.79 Å². The van der Waals surface area contributed by atoms with Crippen molar-refractivity contribution in [3.63, 3.8) is 0 Å². The molecule has 1 aliphatic carbocycles. The fourth-order valence-electron chi connectivity index (χ4n) is 2.62. The molecule has 0 aliphatic heterocycles. The van der Waals surface area contributed by atoms with E-state index in [1.807, 2.05) is 12.1 Å². The number of anilines is 2. The molecule has 20 heavy (non-hydrogen) atoms. The van der Waals surface area contributed by atoms with Crippen molar-refractivity contribution in [2.24, 2.45) is 5.92 Å². The zero-order valence-electron chi connectivity index (χ0n) is 12.4. The number of allylic oxidation sites excluding steroid dienone is 2. The summed E-state index contributed by atoms with van der Waals surface area (Å²) in [7, 11) is 0. The van der Waals surface area contributed by atoms with Crippen molar-refractivity contribution in [2.75, 3.05) is 23.3 Å². The lowest BCUT2D eigenvalue weighted by Crippen LogP contribution is -2.24. The molecule has 0 heterocycles. The van der Waals surface area contributed by atoms with E-state index in [1.165, 1.54) is 5.69 Å². The molecule has 0 aromatic heterocycles. The Morgan fingerprint density at radius 2 is 1.90 bits per heavy atom. The van der Waals surface area contributed by atoms with Gasteiger partial charge in [-0.2, -0.15) is 0 Å². The van der Waals surface area contributed by atoms with Gasteiger partial charge in [-0.25, -0.2) is 0 Å². The SMILES string of the molecule is CCN(CC)c1ccc(NC(=O)[C@H]2CC=CCC2)cc1. The lowest BCUT2D eigenvalue weighted by atomic mass is 9.93. The maximum absolute atomic E-state index is 12.1. The Morgan fingerprint density at radius 1 is 1.20 bits per heavy atom. The summed E-state index contributed by atoms with van der Waals surface area (Å²) in [5.41, 5.74) is 2.09. The topological polar surface area (TPSA) is 32.3 Å². The molecule has 1 aromatic carbocycles. The maximum Gasteiger partial charge on any atom is 0.227 e. The second-order valence-electron chi connectivity index (χ2n) is 5.19. The normalized spacial score (nSPS) is 17.8. The average molecular weight is 272 g/mol. The number of carbonyl (C=O) groups excluding carboxylic acids is 1. The van der Waals surface area contributed by atoms with E-state index >= 15 is 0 Å². The fraction of sp³-hybridized carbons (Fsp3) is 0.471. The van der Waals surface area contributed by atoms with E-state index in [-0.39, 0.29) is 11.8 Å². The van der Waals surface area contributed by atoms with Gasteiger partial charge < -0.3 is 10.2 Å². The van der Waals surface area contributed by atoms with Gasteiger partial charge in [0.25, 0.3) is 0 Å². The molecule has 0 spiro atoms. The smallest absolute Gasteiger partial charge is 0.227 e. The predicted molar refractivity (Wildman–Crippen MR) is 85.1 cm³/mol. The third kappa shape index (κ3) is 3.62. The van der Waals surface area contributed by atoms with E-state index in [0.29, 0.717) is 0 Å². The number of nitrogens with zero attached hydrogens (tertiary/aromatic N) is 1. The Bertz CT molecular complexity index is 460. The summed E-state index contributed by atoms with van der Waals surface area (Å²) >= 11 is 0. The minimum absolute atomic E-state index is 0.127. The lowest BCUT2D eigenvalue weighted by molar-refractivity contribution is -0.120. The van der Waals surface area contributed by atoms with Crippen LogP contribution in [-0.4, -0.2) is 19.0 Å². The molecule has 2 rings (SSSR count). The summed E-state index contributed by atoms with van der Waals surface area (Å²) in [5, 5.41) is 3.02. The van der Waals surface area contributed by atoms with Crippen molar-refractivity contribution in [2.45, 2.75) is 33.1 Å². The van der Waals surface area contributed by atoms with Crippen molar-refractivity contribution in [3.8, 4) is 0 Å². The highest BCUT2D eigenvalue weighted by atomic mass is 16.1. The highest BCUT2D eigenvalue weighted by molar-refractivity contribution is 5.92. The molecule has 1 aromatic rings. The van der Waals surface area contributed by atoms with E-state index < -0.39 is 0 Å². The van der Waals surface area contributed by atoms with E-state index in [4.69, 9.17) is 0 Å². The van der Waals surface area contributed by atoms with Crippen LogP contribution in [0.2, 0.25) is 0 Å². The molecule has 0 saturated carbocycles. The largest absolute Gasteiger partial charge is 0.372 e. The van der Waals surface area contributed by atoms with Crippen LogP contribution in [0.5, 0.6) is 0 Å². The molecule has 0 unspecified atom stereocenters. The van der Waals surface area contributed by atoms with Crippen LogP contribution < -0.4 is 10.2 Å². The van der Waals surface area contributed by atoms with Gasteiger partial charge in [-0.15, -0.1) is 0 Å². The molecule has 1 N–H and O–H groups in total. The van der Waals surface area contributed by atoms with E-state index in [9.17, 15) is 4.79 Å². The minimum Gasteiger partial charge on any atom is -0.372 e. The third-order valence-electron chi connectivity index (χ3n) is 3.90. The van der Waals surface area contributed by atoms with Gasteiger partial charge in [-0.05, 0) is 57.4 Å². The Hall–Kier alpha value is -1.77. The number of carbonyl (C=O) groups is 1. The predicted octanol–water partition coefficient (Wildman–Crippen LogP) is 3.83. The first-order valence-corrected chi connectivity index (χ1v) is 7.55. The summed E-state index contributed by atoms with van der Waals surface area (Å²) in [6, 6.07) is 8.13. The van der Waals surface area contributed by atoms with Crippen LogP contribution in [0.15, 0.2) is 36.4 Å². The molecule has 1 aliphatic rings. The Morgan fingerprint density at radius 3 is 2.45 bits per heavy atom. The summed E-state index contributed by atoms with van der Waals surface area (Å²) in [6.45, 7) is 6.29. The third-order valence-corrected chi connectivity index (χ3v) is 3.90. The van der Waals surface area contributed by atoms with Gasteiger partial charge in [-0.1, -0.05) is 12.2 Å². The van der Waals surface area contributed by atoms with Crippen molar-refractivity contribution >= 4 is 17.3 Å². The first-order valence-electron chi connectivity index (χ1n) is 7.55. The quantitative estimate of drug-likeness (QED) is 0.826. The van der Waals surface area contributed by atoms with Gasteiger partial charge >= 0.3 is 0 Å². The fourth-order valence-corrected chi connectivity index (χ4v) is 2.62.